The Balaban J connectivity index is 2.63. The summed E-state index contributed by atoms with van der Waals surface area (Å²) >= 11 is 0. The first-order valence-corrected chi connectivity index (χ1v) is 5.12. The number of hydrogen-bond acceptors (Lipinski definition) is 4. The Labute approximate surface area is 72.0 Å². The van der Waals surface area contributed by atoms with E-state index in [4.69, 9.17) is 4.55 Å². The zero-order valence-corrected chi connectivity index (χ0v) is 7.82. The standard InChI is InChI=1S/C6H12N2O3S/c1-6-7(2)3-4-8(6)5-12(9,10)11/h3-4,6H,5H2,1-2H3,(H,9,10,11). The van der Waals surface area contributed by atoms with Crippen LogP contribution in [0.15, 0.2) is 12.4 Å². The van der Waals surface area contributed by atoms with Crippen LogP contribution >= 0.6 is 0 Å². The Morgan fingerprint density at radius 3 is 2.42 bits per heavy atom. The van der Waals surface area contributed by atoms with Crippen molar-refractivity contribution >= 4 is 10.1 Å². The summed E-state index contributed by atoms with van der Waals surface area (Å²) in [6, 6.07) is 0. The van der Waals surface area contributed by atoms with Crippen LogP contribution < -0.4 is 0 Å². The topological polar surface area (TPSA) is 60.9 Å². The van der Waals surface area contributed by atoms with E-state index >= 15 is 0 Å². The lowest BCUT2D eigenvalue weighted by molar-refractivity contribution is 0.213. The van der Waals surface area contributed by atoms with Crippen LogP contribution in [0.1, 0.15) is 6.92 Å². The molecule has 0 fully saturated rings. The molecule has 1 rings (SSSR count). The van der Waals surface area contributed by atoms with Crippen molar-refractivity contribution in [3.63, 3.8) is 0 Å². The van der Waals surface area contributed by atoms with E-state index in [1.807, 2.05) is 18.9 Å². The van der Waals surface area contributed by atoms with Crippen LogP contribution in [0.25, 0.3) is 0 Å². The molecule has 1 aliphatic heterocycles. The van der Waals surface area contributed by atoms with Crippen LogP contribution in [0.4, 0.5) is 0 Å². The van der Waals surface area contributed by atoms with Gasteiger partial charge in [-0.2, -0.15) is 8.42 Å². The molecule has 1 aliphatic rings. The van der Waals surface area contributed by atoms with E-state index in [9.17, 15) is 8.42 Å². The molecule has 0 saturated heterocycles. The van der Waals surface area contributed by atoms with Crippen molar-refractivity contribution in [2.24, 2.45) is 0 Å². The smallest absolute Gasteiger partial charge is 0.283 e. The minimum atomic E-state index is -3.92. The maximum absolute atomic E-state index is 10.5. The summed E-state index contributed by atoms with van der Waals surface area (Å²) in [6.45, 7) is 1.85. The molecule has 1 unspecified atom stereocenters. The second-order valence-electron chi connectivity index (χ2n) is 2.82. The monoisotopic (exact) mass is 192 g/mol. The predicted octanol–water partition coefficient (Wildman–Crippen LogP) is -0.104. The summed E-state index contributed by atoms with van der Waals surface area (Å²) in [4.78, 5) is 3.39. The molecule has 0 aromatic rings. The maximum atomic E-state index is 10.5. The summed E-state index contributed by atoms with van der Waals surface area (Å²) in [5, 5.41) is 0. The largest absolute Gasteiger partial charge is 0.359 e. The van der Waals surface area contributed by atoms with Crippen molar-refractivity contribution in [3.8, 4) is 0 Å². The molecular formula is C6H12N2O3S. The predicted molar refractivity (Wildman–Crippen MR) is 44.6 cm³/mol. The fourth-order valence-corrected chi connectivity index (χ4v) is 1.69. The van der Waals surface area contributed by atoms with Gasteiger partial charge in [0.25, 0.3) is 10.1 Å². The van der Waals surface area contributed by atoms with Crippen molar-refractivity contribution in [2.75, 3.05) is 12.9 Å². The Kier molecular flexibility index (Phi) is 2.29. The van der Waals surface area contributed by atoms with Crippen LogP contribution in [0.3, 0.4) is 0 Å². The first-order valence-electron chi connectivity index (χ1n) is 3.51. The van der Waals surface area contributed by atoms with Gasteiger partial charge >= 0.3 is 0 Å². The van der Waals surface area contributed by atoms with Crippen LogP contribution in [0.5, 0.6) is 0 Å². The molecular weight excluding hydrogens is 180 g/mol. The van der Waals surface area contributed by atoms with Gasteiger partial charge in [-0.15, -0.1) is 0 Å². The van der Waals surface area contributed by atoms with Crippen LogP contribution in [-0.2, 0) is 10.1 Å². The molecule has 5 nitrogen and oxygen atoms in total. The molecule has 0 aromatic heterocycles. The van der Waals surface area contributed by atoms with E-state index in [0.717, 1.165) is 0 Å². The minimum absolute atomic E-state index is 0.0214. The lowest BCUT2D eigenvalue weighted by Gasteiger charge is -2.25. The Morgan fingerprint density at radius 2 is 2.08 bits per heavy atom. The quantitative estimate of drug-likeness (QED) is 0.619. The molecule has 1 atom stereocenters. The third-order valence-corrected chi connectivity index (χ3v) is 2.50. The highest BCUT2D eigenvalue weighted by Crippen LogP contribution is 2.13. The lowest BCUT2D eigenvalue weighted by Crippen LogP contribution is -2.36. The highest BCUT2D eigenvalue weighted by atomic mass is 32.2. The van der Waals surface area contributed by atoms with Gasteiger partial charge in [-0.3, -0.25) is 4.55 Å². The Hall–Kier alpha value is -0.750. The van der Waals surface area contributed by atoms with Gasteiger partial charge in [0.1, 0.15) is 5.88 Å². The molecule has 1 N–H and O–H groups in total. The second kappa shape index (κ2) is 2.95. The highest BCUT2D eigenvalue weighted by Gasteiger charge is 2.22. The summed E-state index contributed by atoms with van der Waals surface area (Å²) in [6.07, 6.45) is 3.38. The molecule has 0 bridgehead atoms. The maximum Gasteiger partial charge on any atom is 0.283 e. The summed E-state index contributed by atoms with van der Waals surface area (Å²) in [5.41, 5.74) is 0. The minimum Gasteiger partial charge on any atom is -0.359 e. The van der Waals surface area contributed by atoms with E-state index < -0.39 is 10.1 Å². The number of hydrogen-bond donors (Lipinski definition) is 1. The van der Waals surface area contributed by atoms with Crippen LogP contribution in [0.2, 0.25) is 0 Å². The molecule has 0 spiro atoms. The average Bonchev–Trinajstić information content (AvgIpc) is 2.16. The van der Waals surface area contributed by atoms with E-state index in [1.54, 1.807) is 12.4 Å². The first kappa shape index (κ1) is 9.34. The van der Waals surface area contributed by atoms with Crippen molar-refractivity contribution < 1.29 is 13.0 Å². The highest BCUT2D eigenvalue weighted by molar-refractivity contribution is 7.85. The summed E-state index contributed by atoms with van der Waals surface area (Å²) < 4.78 is 29.6. The normalized spacial score (nSPS) is 23.8. The van der Waals surface area contributed by atoms with E-state index in [0.29, 0.717) is 0 Å². The van der Waals surface area contributed by atoms with Gasteiger partial charge in [-0.05, 0) is 6.92 Å². The fraction of sp³-hybridized carbons (Fsp3) is 0.667. The van der Waals surface area contributed by atoms with Crippen molar-refractivity contribution in [1.29, 1.82) is 0 Å². The molecule has 0 amide bonds. The molecule has 12 heavy (non-hydrogen) atoms. The van der Waals surface area contributed by atoms with Gasteiger partial charge in [0.05, 0.1) is 6.17 Å². The van der Waals surface area contributed by atoms with E-state index in [1.165, 1.54) is 4.90 Å². The third-order valence-electron chi connectivity index (χ3n) is 1.87. The zero-order chi connectivity index (χ0) is 9.35. The van der Waals surface area contributed by atoms with Crippen LogP contribution in [0, 0.1) is 0 Å². The van der Waals surface area contributed by atoms with E-state index in [-0.39, 0.29) is 12.0 Å². The Morgan fingerprint density at radius 1 is 1.50 bits per heavy atom. The molecule has 70 valence electrons. The second-order valence-corrected chi connectivity index (χ2v) is 4.24. The first-order chi connectivity index (χ1) is 5.40. The van der Waals surface area contributed by atoms with Gasteiger partial charge in [0, 0.05) is 19.4 Å². The van der Waals surface area contributed by atoms with Crippen LogP contribution in [-0.4, -0.2) is 41.9 Å². The number of rotatable bonds is 2. The molecule has 6 heteroatoms. The Bertz CT molecular complexity index is 285. The van der Waals surface area contributed by atoms with Crippen molar-refractivity contribution in [3.05, 3.63) is 12.4 Å². The summed E-state index contributed by atoms with van der Waals surface area (Å²) in [5.74, 6) is -0.352. The molecule has 1 heterocycles. The van der Waals surface area contributed by atoms with Gasteiger partial charge < -0.3 is 9.80 Å². The zero-order valence-electron chi connectivity index (χ0n) is 7.01. The van der Waals surface area contributed by atoms with Gasteiger partial charge in [0.15, 0.2) is 0 Å². The number of nitrogens with zero attached hydrogens (tertiary/aromatic N) is 2. The lowest BCUT2D eigenvalue weighted by atomic mass is 10.5. The summed E-state index contributed by atoms with van der Waals surface area (Å²) in [7, 11) is -2.08. The van der Waals surface area contributed by atoms with Crippen molar-refractivity contribution in [1.82, 2.24) is 9.80 Å². The van der Waals surface area contributed by atoms with Gasteiger partial charge in [-0.1, -0.05) is 0 Å². The van der Waals surface area contributed by atoms with Gasteiger partial charge in [0.2, 0.25) is 0 Å². The third kappa shape index (κ3) is 2.12. The molecule has 0 aliphatic carbocycles. The van der Waals surface area contributed by atoms with Crippen molar-refractivity contribution in [2.45, 2.75) is 13.1 Å². The SMILES string of the molecule is CC1N(C)C=CN1CS(=O)(=O)O. The molecule has 0 aromatic carbocycles. The fourth-order valence-electron chi connectivity index (χ4n) is 1.01. The molecule has 0 radical (unpaired) electrons. The van der Waals surface area contributed by atoms with E-state index in [2.05, 4.69) is 0 Å². The van der Waals surface area contributed by atoms with Gasteiger partial charge in [-0.25, -0.2) is 0 Å². The average molecular weight is 192 g/mol. The molecule has 0 saturated carbocycles.